The monoisotopic (exact) mass is 525 g/mol. The van der Waals surface area contributed by atoms with Gasteiger partial charge in [0.2, 0.25) is 0 Å². The fourth-order valence-electron chi connectivity index (χ4n) is 3.91. The highest BCUT2D eigenvalue weighted by Crippen LogP contribution is 2.32. The van der Waals surface area contributed by atoms with Gasteiger partial charge in [0, 0.05) is 7.05 Å². The van der Waals surface area contributed by atoms with Gasteiger partial charge in [0.15, 0.2) is 0 Å². The van der Waals surface area contributed by atoms with E-state index >= 15 is 0 Å². The van der Waals surface area contributed by atoms with Crippen LogP contribution < -0.4 is 26.2 Å². The van der Waals surface area contributed by atoms with Crippen molar-refractivity contribution in [2.75, 3.05) is 7.05 Å². The van der Waals surface area contributed by atoms with E-state index < -0.39 is 23.5 Å². The molecule has 0 aliphatic heterocycles. The number of aryl methyl sites for hydroxylation is 1. The molecule has 0 bridgehead atoms. The van der Waals surface area contributed by atoms with Crippen LogP contribution in [-0.2, 0) is 17.9 Å². The molecule has 0 saturated heterocycles. The number of halogens is 2. The number of benzene rings is 3. The van der Waals surface area contributed by atoms with Crippen molar-refractivity contribution in [3.05, 3.63) is 104 Å². The first kappa shape index (κ1) is 26.4. The summed E-state index contributed by atoms with van der Waals surface area (Å²) in [5.74, 6) is -1.85. The van der Waals surface area contributed by atoms with Crippen LogP contribution in [0.5, 0.6) is 11.5 Å². The summed E-state index contributed by atoms with van der Waals surface area (Å²) < 4.78 is 44.0. The second kappa shape index (κ2) is 10.8. The number of rotatable bonds is 9. The average Bonchev–Trinajstić information content (AvgIpc) is 3.20. The molecule has 198 valence electrons. The smallest absolute Gasteiger partial charge is 0.482 e. The van der Waals surface area contributed by atoms with Crippen molar-refractivity contribution in [3.63, 3.8) is 0 Å². The Morgan fingerprint density at radius 1 is 1.03 bits per heavy atom. The fourth-order valence-corrected chi connectivity index (χ4v) is 3.91. The van der Waals surface area contributed by atoms with E-state index in [0.29, 0.717) is 11.3 Å². The van der Waals surface area contributed by atoms with Crippen molar-refractivity contribution in [1.29, 1.82) is 0 Å². The second-order valence-electron chi connectivity index (χ2n) is 8.54. The number of likely N-dealkylation sites (N-methyl/N-ethyl adjacent to an activating group) is 1. The lowest BCUT2D eigenvalue weighted by atomic mass is 9.93. The molecule has 11 heteroatoms. The molecule has 1 aromatic heterocycles. The van der Waals surface area contributed by atoms with Crippen molar-refractivity contribution in [3.8, 4) is 22.6 Å². The lowest BCUT2D eigenvalue weighted by Crippen LogP contribution is -2.42. The molecular weight excluding hydrogens is 500 g/mol. The molecule has 3 aromatic carbocycles. The van der Waals surface area contributed by atoms with Gasteiger partial charge in [0.05, 0.1) is 6.54 Å². The van der Waals surface area contributed by atoms with E-state index in [1.807, 2.05) is 35.4 Å². The van der Waals surface area contributed by atoms with E-state index in [0.717, 1.165) is 39.6 Å². The van der Waals surface area contributed by atoms with Crippen LogP contribution >= 0.6 is 0 Å². The van der Waals surface area contributed by atoms with E-state index in [9.17, 15) is 23.2 Å². The molecule has 1 heterocycles. The maximum Gasteiger partial charge on any atom is 0.482 e. The minimum atomic E-state index is -3.98. The molecule has 0 atom stereocenters. The zero-order chi connectivity index (χ0) is 27.4. The SMILES string of the molecule is CNC(=O)C(F)(F)Oc1ccc(-c2cccc(COc3ccc(Cn4oc(=O)[nH]c4=O)cc3)c2C)c(C)c1. The summed E-state index contributed by atoms with van der Waals surface area (Å²) in [5.41, 5.74) is 4.44. The van der Waals surface area contributed by atoms with E-state index in [4.69, 9.17) is 9.26 Å². The minimum Gasteiger partial charge on any atom is -0.489 e. The van der Waals surface area contributed by atoms with Crippen LogP contribution in [0.2, 0.25) is 0 Å². The van der Waals surface area contributed by atoms with Crippen LogP contribution in [0.3, 0.4) is 0 Å². The first-order valence-corrected chi connectivity index (χ1v) is 11.6. The number of hydrogen-bond acceptors (Lipinski definition) is 6. The molecular formula is C27H25F2N3O6. The number of hydrogen-bond donors (Lipinski definition) is 2. The van der Waals surface area contributed by atoms with Crippen molar-refractivity contribution in [2.24, 2.45) is 0 Å². The predicted octanol–water partition coefficient (Wildman–Crippen LogP) is 3.76. The van der Waals surface area contributed by atoms with Gasteiger partial charge in [-0.25, -0.2) is 14.6 Å². The third-order valence-electron chi connectivity index (χ3n) is 5.94. The highest BCUT2D eigenvalue weighted by molar-refractivity contribution is 5.82. The van der Waals surface area contributed by atoms with Gasteiger partial charge in [-0.05, 0) is 71.5 Å². The summed E-state index contributed by atoms with van der Waals surface area (Å²) in [6, 6.07) is 17.3. The molecule has 0 spiro atoms. The maximum atomic E-state index is 13.9. The van der Waals surface area contributed by atoms with E-state index in [2.05, 4.69) is 4.74 Å². The van der Waals surface area contributed by atoms with Crippen LogP contribution in [-0.4, -0.2) is 28.8 Å². The third kappa shape index (κ3) is 5.83. The van der Waals surface area contributed by atoms with Gasteiger partial charge in [0.1, 0.15) is 18.1 Å². The number of nitrogens with zero attached hydrogens (tertiary/aromatic N) is 1. The second-order valence-corrected chi connectivity index (χ2v) is 8.54. The predicted molar refractivity (Wildman–Crippen MR) is 134 cm³/mol. The summed E-state index contributed by atoms with van der Waals surface area (Å²) in [4.78, 5) is 36.1. The molecule has 0 saturated carbocycles. The molecule has 0 aliphatic rings. The molecule has 0 radical (unpaired) electrons. The van der Waals surface area contributed by atoms with Crippen LogP contribution in [0.25, 0.3) is 11.1 Å². The van der Waals surface area contributed by atoms with Crippen LogP contribution in [0.4, 0.5) is 8.78 Å². The van der Waals surface area contributed by atoms with Gasteiger partial charge in [0.25, 0.3) is 0 Å². The molecule has 9 nitrogen and oxygen atoms in total. The summed E-state index contributed by atoms with van der Waals surface area (Å²) in [6.07, 6.45) is -3.98. The average molecular weight is 526 g/mol. The molecule has 0 aliphatic carbocycles. The van der Waals surface area contributed by atoms with E-state index in [1.165, 1.54) is 12.1 Å². The van der Waals surface area contributed by atoms with Crippen molar-refractivity contribution in [1.82, 2.24) is 15.0 Å². The highest BCUT2D eigenvalue weighted by atomic mass is 19.3. The van der Waals surface area contributed by atoms with Gasteiger partial charge in [-0.1, -0.05) is 36.4 Å². The quantitative estimate of drug-likeness (QED) is 0.344. The number of ether oxygens (including phenoxy) is 2. The lowest BCUT2D eigenvalue weighted by molar-refractivity contribution is -0.192. The number of aromatic amines is 1. The first-order chi connectivity index (χ1) is 18.1. The Bertz CT molecular complexity index is 1570. The number of carbonyl (C=O) groups is 1. The lowest BCUT2D eigenvalue weighted by Gasteiger charge is -2.18. The molecule has 38 heavy (non-hydrogen) atoms. The Balaban J connectivity index is 1.46. The molecule has 0 unspecified atom stereocenters. The summed E-state index contributed by atoms with van der Waals surface area (Å²) in [5, 5.41) is 1.88. The zero-order valence-electron chi connectivity index (χ0n) is 20.8. The minimum absolute atomic E-state index is 0.103. The number of H-pyrrole nitrogens is 1. The number of carbonyl (C=O) groups excluding carboxylic acids is 1. The third-order valence-corrected chi connectivity index (χ3v) is 5.94. The molecule has 4 rings (SSSR count). The Morgan fingerprint density at radius 3 is 2.37 bits per heavy atom. The standard InChI is InChI=1S/C27H25F2N3O6/c1-16-13-21(37-27(28,29)24(33)30-3)11-12-22(16)23-6-4-5-19(17(23)2)15-36-20-9-7-18(8-10-20)14-32-25(34)31-26(35)38-32/h4-13H,14-15H2,1-3H3,(H,30,33)(H,31,34,35). The molecule has 1 amide bonds. The van der Waals surface area contributed by atoms with Gasteiger partial charge in [-0.15, -0.1) is 4.74 Å². The van der Waals surface area contributed by atoms with Crippen molar-refractivity contribution >= 4 is 5.91 Å². The van der Waals surface area contributed by atoms with Gasteiger partial charge in [-0.3, -0.25) is 4.79 Å². The van der Waals surface area contributed by atoms with Crippen LogP contribution in [0.1, 0.15) is 22.3 Å². The normalized spacial score (nSPS) is 11.3. The topological polar surface area (TPSA) is 116 Å². The summed E-state index contributed by atoms with van der Waals surface area (Å²) >= 11 is 0. The molecule has 0 fully saturated rings. The van der Waals surface area contributed by atoms with Gasteiger partial charge >= 0.3 is 23.5 Å². The van der Waals surface area contributed by atoms with Gasteiger partial charge in [-0.2, -0.15) is 8.78 Å². The Labute approximate surface area is 215 Å². The number of amides is 1. The molecule has 2 N–H and O–H groups in total. The first-order valence-electron chi connectivity index (χ1n) is 11.6. The highest BCUT2D eigenvalue weighted by Gasteiger charge is 2.41. The van der Waals surface area contributed by atoms with Gasteiger partial charge < -0.3 is 19.3 Å². The maximum absolute atomic E-state index is 13.9. The summed E-state index contributed by atoms with van der Waals surface area (Å²) in [6.45, 7) is 4.11. The Kier molecular flexibility index (Phi) is 7.47. The summed E-state index contributed by atoms with van der Waals surface area (Å²) in [7, 11) is 1.11. The van der Waals surface area contributed by atoms with E-state index in [-0.39, 0.29) is 18.9 Å². The van der Waals surface area contributed by atoms with Crippen molar-refractivity contribution < 1.29 is 27.6 Å². The fraction of sp³-hybridized carbons (Fsp3) is 0.222. The molecule has 4 aromatic rings. The number of nitrogens with one attached hydrogen (secondary N) is 2. The van der Waals surface area contributed by atoms with Crippen LogP contribution in [0.15, 0.2) is 74.8 Å². The zero-order valence-corrected chi connectivity index (χ0v) is 20.8. The Hall–Kier alpha value is -4.67. The van der Waals surface area contributed by atoms with Crippen molar-refractivity contribution in [2.45, 2.75) is 33.1 Å². The largest absolute Gasteiger partial charge is 0.489 e. The van der Waals surface area contributed by atoms with Crippen LogP contribution in [0, 0.1) is 13.8 Å². The Morgan fingerprint density at radius 2 is 1.74 bits per heavy atom. The number of aromatic nitrogens is 2. The number of alkyl halides is 2. The van der Waals surface area contributed by atoms with E-state index in [1.54, 1.807) is 37.3 Å².